The van der Waals surface area contributed by atoms with E-state index in [9.17, 15) is 0 Å². The van der Waals surface area contributed by atoms with Crippen LogP contribution in [-0.2, 0) is 0 Å². The first-order chi connectivity index (χ1) is 6.40. The lowest BCUT2D eigenvalue weighted by atomic mass is 10.4. The van der Waals surface area contributed by atoms with E-state index in [-0.39, 0.29) is 0 Å². The summed E-state index contributed by atoms with van der Waals surface area (Å²) in [6.45, 7) is 0. The molecule has 0 fully saturated rings. The molecule has 0 atom stereocenters. The van der Waals surface area contributed by atoms with Gasteiger partial charge in [0.1, 0.15) is 5.69 Å². The Balaban J connectivity index is 2.36. The number of thioether (sulfide) groups is 1. The predicted octanol–water partition coefficient (Wildman–Crippen LogP) is 1.25. The molecule has 5 nitrogen and oxygen atoms in total. The maximum absolute atomic E-state index is 5.26. The fourth-order valence-corrected chi connectivity index (χ4v) is 1.09. The summed E-state index contributed by atoms with van der Waals surface area (Å²) in [7, 11) is 0. The van der Waals surface area contributed by atoms with Crippen LogP contribution in [0.25, 0.3) is 11.6 Å². The first-order valence-corrected chi connectivity index (χ1v) is 4.76. The largest absolute Gasteiger partial charge is 0.410 e. The van der Waals surface area contributed by atoms with Gasteiger partial charge in [-0.2, -0.15) is 0 Å². The average molecular weight is 194 g/mol. The first-order valence-electron chi connectivity index (χ1n) is 3.54. The van der Waals surface area contributed by atoms with Gasteiger partial charge in [-0.25, -0.2) is 4.98 Å². The Bertz CT molecular complexity index is 388. The van der Waals surface area contributed by atoms with Gasteiger partial charge in [0.05, 0.1) is 6.20 Å². The topological polar surface area (TPSA) is 64.7 Å². The molecule has 0 unspecified atom stereocenters. The Morgan fingerprint density at radius 3 is 2.85 bits per heavy atom. The molecule has 0 N–H and O–H groups in total. The zero-order valence-electron chi connectivity index (χ0n) is 6.84. The Morgan fingerprint density at radius 2 is 2.23 bits per heavy atom. The van der Waals surface area contributed by atoms with Crippen molar-refractivity contribution in [3.63, 3.8) is 0 Å². The van der Waals surface area contributed by atoms with Crippen LogP contribution in [0.15, 0.2) is 28.2 Å². The summed E-state index contributed by atoms with van der Waals surface area (Å²) < 4.78 is 5.26. The second kappa shape index (κ2) is 3.53. The van der Waals surface area contributed by atoms with Crippen LogP contribution in [0.5, 0.6) is 0 Å². The van der Waals surface area contributed by atoms with Gasteiger partial charge in [0.25, 0.3) is 11.1 Å². The van der Waals surface area contributed by atoms with E-state index in [0.29, 0.717) is 16.8 Å². The van der Waals surface area contributed by atoms with Crippen LogP contribution < -0.4 is 0 Å². The minimum atomic E-state index is 0.400. The maximum Gasteiger partial charge on any atom is 0.276 e. The van der Waals surface area contributed by atoms with Gasteiger partial charge in [-0.1, -0.05) is 11.8 Å². The zero-order valence-corrected chi connectivity index (χ0v) is 7.65. The molecule has 0 amide bonds. The molecule has 0 aliphatic rings. The molecule has 0 aliphatic carbocycles. The SMILES string of the molecule is CSc1nnc(-c2cnccn2)o1. The van der Waals surface area contributed by atoms with Gasteiger partial charge in [-0.15, -0.1) is 10.2 Å². The molecule has 0 aromatic carbocycles. The smallest absolute Gasteiger partial charge is 0.276 e. The summed E-state index contributed by atoms with van der Waals surface area (Å²) in [5.74, 6) is 0.400. The molecule has 2 rings (SSSR count). The summed E-state index contributed by atoms with van der Waals surface area (Å²) in [6.07, 6.45) is 6.62. The van der Waals surface area contributed by atoms with Gasteiger partial charge in [0, 0.05) is 12.4 Å². The van der Waals surface area contributed by atoms with Gasteiger partial charge in [-0.3, -0.25) is 4.98 Å². The maximum atomic E-state index is 5.26. The number of nitrogens with zero attached hydrogens (tertiary/aromatic N) is 4. The van der Waals surface area contributed by atoms with Crippen LogP contribution in [-0.4, -0.2) is 26.4 Å². The summed E-state index contributed by atoms with van der Waals surface area (Å²) in [6, 6.07) is 0. The molecule has 0 aliphatic heterocycles. The third-order valence-corrected chi connectivity index (χ3v) is 1.88. The minimum Gasteiger partial charge on any atom is -0.410 e. The molecule has 66 valence electrons. The van der Waals surface area contributed by atoms with Crippen molar-refractivity contribution >= 4 is 11.8 Å². The average Bonchev–Trinajstić information content (AvgIpc) is 2.67. The molecule has 0 spiro atoms. The van der Waals surface area contributed by atoms with Gasteiger partial charge >= 0.3 is 0 Å². The molecule has 0 saturated carbocycles. The molecular weight excluding hydrogens is 188 g/mol. The third kappa shape index (κ3) is 1.67. The van der Waals surface area contributed by atoms with Crippen LogP contribution in [0.3, 0.4) is 0 Å². The van der Waals surface area contributed by atoms with Crippen molar-refractivity contribution in [1.82, 2.24) is 20.2 Å². The number of aromatic nitrogens is 4. The van der Waals surface area contributed by atoms with Crippen molar-refractivity contribution in [3.8, 4) is 11.6 Å². The zero-order chi connectivity index (χ0) is 9.10. The van der Waals surface area contributed by atoms with E-state index in [1.165, 1.54) is 11.8 Å². The Kier molecular flexibility index (Phi) is 2.22. The van der Waals surface area contributed by atoms with E-state index in [1.54, 1.807) is 18.6 Å². The van der Waals surface area contributed by atoms with Gasteiger partial charge in [0.2, 0.25) is 0 Å². The second-order valence-electron chi connectivity index (χ2n) is 2.17. The van der Waals surface area contributed by atoms with E-state index in [4.69, 9.17) is 4.42 Å². The fraction of sp³-hybridized carbons (Fsp3) is 0.143. The normalized spacial score (nSPS) is 10.2. The Morgan fingerprint density at radius 1 is 1.31 bits per heavy atom. The number of hydrogen-bond acceptors (Lipinski definition) is 6. The molecular formula is C7H6N4OS. The molecule has 13 heavy (non-hydrogen) atoms. The second-order valence-corrected chi connectivity index (χ2v) is 2.93. The van der Waals surface area contributed by atoms with Crippen molar-refractivity contribution in [3.05, 3.63) is 18.6 Å². The van der Waals surface area contributed by atoms with Gasteiger partial charge in [0.15, 0.2) is 0 Å². The van der Waals surface area contributed by atoms with Crippen LogP contribution in [0, 0.1) is 0 Å². The molecule has 2 aromatic heterocycles. The van der Waals surface area contributed by atoms with E-state index in [0.717, 1.165) is 0 Å². The van der Waals surface area contributed by atoms with Crippen molar-refractivity contribution in [2.45, 2.75) is 5.22 Å². The van der Waals surface area contributed by atoms with E-state index >= 15 is 0 Å². The van der Waals surface area contributed by atoms with Crippen LogP contribution >= 0.6 is 11.8 Å². The highest BCUT2D eigenvalue weighted by molar-refractivity contribution is 7.98. The lowest BCUT2D eigenvalue weighted by Gasteiger charge is -1.89. The molecule has 2 heterocycles. The lowest BCUT2D eigenvalue weighted by Crippen LogP contribution is -1.83. The highest BCUT2D eigenvalue weighted by Crippen LogP contribution is 2.18. The van der Waals surface area contributed by atoms with E-state index in [1.807, 2.05) is 6.26 Å². The molecule has 2 aromatic rings. The van der Waals surface area contributed by atoms with E-state index in [2.05, 4.69) is 20.2 Å². The highest BCUT2D eigenvalue weighted by atomic mass is 32.2. The molecule has 0 bridgehead atoms. The summed E-state index contributed by atoms with van der Waals surface area (Å²) >= 11 is 1.40. The Labute approximate surface area is 78.6 Å². The predicted molar refractivity (Wildman–Crippen MR) is 47.1 cm³/mol. The first kappa shape index (κ1) is 8.18. The van der Waals surface area contributed by atoms with Crippen LogP contribution in [0.2, 0.25) is 0 Å². The number of hydrogen-bond donors (Lipinski definition) is 0. The molecule has 0 saturated heterocycles. The highest BCUT2D eigenvalue weighted by Gasteiger charge is 2.07. The quantitative estimate of drug-likeness (QED) is 0.670. The summed E-state index contributed by atoms with van der Waals surface area (Å²) in [4.78, 5) is 7.93. The van der Waals surface area contributed by atoms with Crippen molar-refractivity contribution in [1.29, 1.82) is 0 Å². The number of rotatable bonds is 2. The minimum absolute atomic E-state index is 0.400. The third-order valence-electron chi connectivity index (χ3n) is 1.36. The van der Waals surface area contributed by atoms with Crippen LogP contribution in [0.4, 0.5) is 0 Å². The van der Waals surface area contributed by atoms with Crippen LogP contribution in [0.1, 0.15) is 0 Å². The monoisotopic (exact) mass is 194 g/mol. The standard InChI is InChI=1S/C7H6N4OS/c1-13-7-11-10-6(12-7)5-4-8-2-3-9-5/h2-4H,1H3. The Hall–Kier alpha value is -1.43. The summed E-state index contributed by atoms with van der Waals surface area (Å²) in [5.41, 5.74) is 0.593. The van der Waals surface area contributed by atoms with Crippen molar-refractivity contribution < 1.29 is 4.42 Å². The lowest BCUT2D eigenvalue weighted by molar-refractivity contribution is 0.465. The summed E-state index contributed by atoms with van der Waals surface area (Å²) in [5, 5.41) is 8.14. The molecule has 0 radical (unpaired) electrons. The van der Waals surface area contributed by atoms with Crippen molar-refractivity contribution in [2.24, 2.45) is 0 Å². The van der Waals surface area contributed by atoms with Gasteiger partial charge < -0.3 is 4.42 Å². The van der Waals surface area contributed by atoms with E-state index < -0.39 is 0 Å². The fourth-order valence-electron chi connectivity index (χ4n) is 0.805. The van der Waals surface area contributed by atoms with Crippen molar-refractivity contribution in [2.75, 3.05) is 6.26 Å². The molecule has 6 heteroatoms. The van der Waals surface area contributed by atoms with Gasteiger partial charge in [-0.05, 0) is 6.26 Å².